The molecule has 27 heavy (non-hydrogen) atoms. The highest BCUT2D eigenvalue weighted by atomic mass is 32.2. The Bertz CT molecular complexity index is 812. The van der Waals surface area contributed by atoms with Crippen LogP contribution in [0.25, 0.3) is 0 Å². The van der Waals surface area contributed by atoms with Gasteiger partial charge in [-0.15, -0.1) is 0 Å². The first-order valence-corrected chi connectivity index (χ1v) is 11.2. The Hall–Kier alpha value is -1.64. The second-order valence-corrected chi connectivity index (χ2v) is 9.71. The van der Waals surface area contributed by atoms with Crippen molar-refractivity contribution < 1.29 is 13.2 Å². The third kappa shape index (κ3) is 3.46. The van der Waals surface area contributed by atoms with Crippen molar-refractivity contribution in [3.63, 3.8) is 0 Å². The Balaban J connectivity index is 1.41. The lowest BCUT2D eigenvalue weighted by atomic mass is 9.91. The molecular formula is C19H28N4O3S. The summed E-state index contributed by atoms with van der Waals surface area (Å²) in [7, 11) is -2.08. The number of hydrogen-bond donors (Lipinski definition) is 2. The molecule has 1 saturated carbocycles. The van der Waals surface area contributed by atoms with E-state index in [1.807, 2.05) is 17.0 Å². The van der Waals surface area contributed by atoms with Crippen LogP contribution in [0, 0.1) is 11.3 Å². The van der Waals surface area contributed by atoms with E-state index in [4.69, 9.17) is 0 Å². The van der Waals surface area contributed by atoms with Crippen LogP contribution in [0.15, 0.2) is 29.2 Å². The maximum absolute atomic E-state index is 12.9. The molecule has 1 amide bonds. The highest BCUT2D eigenvalue weighted by molar-refractivity contribution is 7.89. The van der Waals surface area contributed by atoms with Crippen molar-refractivity contribution in [3.8, 4) is 0 Å². The summed E-state index contributed by atoms with van der Waals surface area (Å²) in [5, 5.41) is 3.38. The zero-order valence-corrected chi connectivity index (χ0v) is 16.6. The molecule has 4 rings (SSSR count). The zero-order valence-electron chi connectivity index (χ0n) is 15.8. The van der Waals surface area contributed by atoms with Gasteiger partial charge in [0.25, 0.3) is 0 Å². The monoisotopic (exact) mass is 392 g/mol. The van der Waals surface area contributed by atoms with Crippen LogP contribution in [0.5, 0.6) is 0 Å². The van der Waals surface area contributed by atoms with E-state index in [-0.39, 0.29) is 11.3 Å². The van der Waals surface area contributed by atoms with Gasteiger partial charge in [-0.1, -0.05) is 12.1 Å². The van der Waals surface area contributed by atoms with Gasteiger partial charge in [0.2, 0.25) is 15.9 Å². The van der Waals surface area contributed by atoms with Crippen LogP contribution in [0.3, 0.4) is 0 Å². The topological polar surface area (TPSA) is 81.8 Å². The highest BCUT2D eigenvalue weighted by Crippen LogP contribution is 2.59. The lowest BCUT2D eigenvalue weighted by Crippen LogP contribution is -2.50. The van der Waals surface area contributed by atoms with Crippen LogP contribution in [0.2, 0.25) is 0 Å². The van der Waals surface area contributed by atoms with Gasteiger partial charge >= 0.3 is 0 Å². The Morgan fingerprint density at radius 2 is 1.81 bits per heavy atom. The number of para-hydroxylation sites is 1. The Morgan fingerprint density at radius 1 is 1.15 bits per heavy atom. The van der Waals surface area contributed by atoms with Gasteiger partial charge in [-0.05, 0) is 56.9 Å². The normalized spacial score (nSPS) is 24.9. The average molecular weight is 393 g/mol. The molecule has 8 heteroatoms. The standard InChI is InChI=1S/C19H28N4O3S/c1-20-27(25,26)17-5-3-2-4-16(17)22-10-12-23(13-11-22)18(24)15-14-19(15)6-8-21-9-7-19/h2-5,15,20-21H,6-14H2,1H3/t15-/m0/s1. The smallest absolute Gasteiger partial charge is 0.242 e. The first-order chi connectivity index (χ1) is 13.0. The van der Waals surface area contributed by atoms with Gasteiger partial charge in [0.1, 0.15) is 4.90 Å². The van der Waals surface area contributed by atoms with Crippen molar-refractivity contribution in [1.29, 1.82) is 0 Å². The van der Waals surface area contributed by atoms with Crippen LogP contribution < -0.4 is 14.9 Å². The fraction of sp³-hybridized carbons (Fsp3) is 0.632. The molecule has 0 bridgehead atoms. The molecule has 2 heterocycles. The number of carbonyl (C=O) groups excluding carboxylic acids is 1. The van der Waals surface area contributed by atoms with Gasteiger partial charge in [0, 0.05) is 32.1 Å². The summed E-state index contributed by atoms with van der Waals surface area (Å²) >= 11 is 0. The number of amides is 1. The van der Waals surface area contributed by atoms with E-state index < -0.39 is 10.0 Å². The summed E-state index contributed by atoms with van der Waals surface area (Å²) < 4.78 is 27.0. The Kier molecular flexibility index (Phi) is 4.90. The van der Waals surface area contributed by atoms with Gasteiger partial charge in [-0.3, -0.25) is 4.79 Å². The summed E-state index contributed by atoms with van der Waals surface area (Å²) in [6.07, 6.45) is 3.26. The molecule has 2 aliphatic heterocycles. The number of nitrogens with zero attached hydrogens (tertiary/aromatic N) is 2. The van der Waals surface area contributed by atoms with Crippen molar-refractivity contribution in [3.05, 3.63) is 24.3 Å². The first-order valence-electron chi connectivity index (χ1n) is 9.74. The number of piperidine rings is 1. The molecule has 1 aliphatic carbocycles. The summed E-state index contributed by atoms with van der Waals surface area (Å²) in [5.74, 6) is 0.496. The molecule has 1 aromatic rings. The second-order valence-electron chi connectivity index (χ2n) is 7.86. The molecular weight excluding hydrogens is 364 g/mol. The summed E-state index contributed by atoms with van der Waals surface area (Å²) in [5.41, 5.74) is 0.965. The lowest BCUT2D eigenvalue weighted by molar-refractivity contribution is -0.133. The molecule has 2 saturated heterocycles. The van der Waals surface area contributed by atoms with Crippen LogP contribution in [0.1, 0.15) is 19.3 Å². The van der Waals surface area contributed by atoms with E-state index in [1.165, 1.54) is 7.05 Å². The van der Waals surface area contributed by atoms with E-state index in [0.29, 0.717) is 42.7 Å². The van der Waals surface area contributed by atoms with Crippen LogP contribution in [0.4, 0.5) is 5.69 Å². The van der Waals surface area contributed by atoms with Crippen molar-refractivity contribution in [2.75, 3.05) is 51.2 Å². The molecule has 0 radical (unpaired) electrons. The molecule has 1 aromatic carbocycles. The molecule has 1 spiro atoms. The average Bonchev–Trinajstić information content (AvgIpc) is 3.40. The molecule has 3 aliphatic rings. The van der Waals surface area contributed by atoms with Gasteiger partial charge in [0.05, 0.1) is 5.69 Å². The van der Waals surface area contributed by atoms with Crippen molar-refractivity contribution >= 4 is 21.6 Å². The predicted molar refractivity (Wildman–Crippen MR) is 104 cm³/mol. The number of rotatable bonds is 4. The number of sulfonamides is 1. The molecule has 2 N–H and O–H groups in total. The maximum atomic E-state index is 12.9. The molecule has 0 unspecified atom stereocenters. The third-order valence-corrected chi connectivity index (χ3v) is 7.90. The van der Waals surface area contributed by atoms with E-state index in [2.05, 4.69) is 14.9 Å². The number of benzene rings is 1. The van der Waals surface area contributed by atoms with Gasteiger partial charge < -0.3 is 15.1 Å². The van der Waals surface area contributed by atoms with Crippen molar-refractivity contribution in [1.82, 2.24) is 14.9 Å². The molecule has 7 nitrogen and oxygen atoms in total. The minimum atomic E-state index is -3.51. The molecule has 1 atom stereocenters. The number of nitrogens with one attached hydrogen (secondary N) is 2. The highest BCUT2D eigenvalue weighted by Gasteiger charge is 2.58. The van der Waals surface area contributed by atoms with Gasteiger partial charge in [-0.25, -0.2) is 13.1 Å². The number of piperazine rings is 1. The van der Waals surface area contributed by atoms with Crippen molar-refractivity contribution in [2.24, 2.45) is 11.3 Å². The third-order valence-electron chi connectivity index (χ3n) is 6.44. The first kappa shape index (κ1) is 18.7. The van der Waals surface area contributed by atoms with Crippen molar-refractivity contribution in [2.45, 2.75) is 24.2 Å². The summed E-state index contributed by atoms with van der Waals surface area (Å²) in [6.45, 7) is 4.66. The lowest BCUT2D eigenvalue weighted by Gasteiger charge is -2.37. The SMILES string of the molecule is CNS(=O)(=O)c1ccccc1N1CCN(C(=O)[C@@H]2CC23CCNCC3)CC1. The summed E-state index contributed by atoms with van der Waals surface area (Å²) in [4.78, 5) is 17.3. The second kappa shape index (κ2) is 7.07. The fourth-order valence-electron chi connectivity index (χ4n) is 4.62. The van der Waals surface area contributed by atoms with Crippen LogP contribution >= 0.6 is 0 Å². The van der Waals surface area contributed by atoms with Crippen LogP contribution in [-0.4, -0.2) is 65.5 Å². The van der Waals surface area contributed by atoms with Gasteiger partial charge in [0.15, 0.2) is 0 Å². The minimum absolute atomic E-state index is 0.197. The van der Waals surface area contributed by atoms with E-state index in [9.17, 15) is 13.2 Å². The Labute approximate surface area is 161 Å². The number of anilines is 1. The molecule has 0 aromatic heterocycles. The number of hydrogen-bond acceptors (Lipinski definition) is 5. The number of carbonyl (C=O) groups is 1. The quantitative estimate of drug-likeness (QED) is 0.786. The summed E-state index contributed by atoms with van der Waals surface area (Å²) in [6, 6.07) is 7.06. The zero-order chi connectivity index (χ0) is 19.1. The maximum Gasteiger partial charge on any atom is 0.242 e. The molecule has 148 valence electrons. The predicted octanol–water partition coefficient (Wildman–Crippen LogP) is 0.633. The van der Waals surface area contributed by atoms with Crippen LogP contribution in [-0.2, 0) is 14.8 Å². The van der Waals surface area contributed by atoms with E-state index in [1.54, 1.807) is 12.1 Å². The van der Waals surface area contributed by atoms with Gasteiger partial charge in [-0.2, -0.15) is 0 Å². The fourth-order valence-corrected chi connectivity index (χ4v) is 5.57. The largest absolute Gasteiger partial charge is 0.367 e. The molecule has 3 fully saturated rings. The van der Waals surface area contributed by atoms with E-state index >= 15 is 0 Å². The minimum Gasteiger partial charge on any atom is -0.367 e. The van der Waals surface area contributed by atoms with E-state index in [0.717, 1.165) is 32.4 Å². The Morgan fingerprint density at radius 3 is 2.48 bits per heavy atom.